The first-order valence-electron chi connectivity index (χ1n) is 6.99. The lowest BCUT2D eigenvalue weighted by molar-refractivity contribution is -0.127. The number of ether oxygens (including phenoxy) is 2. The van der Waals surface area contributed by atoms with Gasteiger partial charge >= 0.3 is 5.63 Å². The van der Waals surface area contributed by atoms with Gasteiger partial charge in [0.15, 0.2) is 6.10 Å². The number of rotatable bonds is 6. The number of benzene rings is 1. The Kier molecular flexibility index (Phi) is 5.16. The van der Waals surface area contributed by atoms with Crippen LogP contribution in [0.2, 0.25) is 0 Å². The molecule has 6 nitrogen and oxygen atoms in total. The number of carbonyl (C=O) groups excluding carboxylic acids is 1. The van der Waals surface area contributed by atoms with Crippen LogP contribution in [0, 0.1) is 6.92 Å². The second-order valence-corrected chi connectivity index (χ2v) is 4.95. The third-order valence-corrected chi connectivity index (χ3v) is 3.21. The summed E-state index contributed by atoms with van der Waals surface area (Å²) in [5, 5.41) is 3.53. The zero-order valence-electron chi connectivity index (χ0n) is 12.8. The van der Waals surface area contributed by atoms with Gasteiger partial charge in [0, 0.05) is 31.2 Å². The minimum absolute atomic E-state index is 0.233. The van der Waals surface area contributed by atoms with Crippen LogP contribution in [0.1, 0.15) is 12.5 Å². The predicted molar refractivity (Wildman–Crippen MR) is 82.2 cm³/mol. The maximum absolute atomic E-state index is 11.8. The van der Waals surface area contributed by atoms with Crippen molar-refractivity contribution >= 4 is 16.9 Å². The van der Waals surface area contributed by atoms with Crippen molar-refractivity contribution in [1.82, 2.24) is 5.32 Å². The number of amides is 1. The molecule has 0 radical (unpaired) electrons. The minimum Gasteiger partial charge on any atom is -0.481 e. The van der Waals surface area contributed by atoms with Crippen LogP contribution in [0.25, 0.3) is 11.0 Å². The summed E-state index contributed by atoms with van der Waals surface area (Å²) in [6.07, 6.45) is -0.661. The van der Waals surface area contributed by atoms with Crippen LogP contribution in [-0.2, 0) is 9.53 Å². The summed E-state index contributed by atoms with van der Waals surface area (Å²) in [5.41, 5.74) is 0.866. The largest absolute Gasteiger partial charge is 0.481 e. The van der Waals surface area contributed by atoms with E-state index < -0.39 is 11.7 Å². The van der Waals surface area contributed by atoms with Gasteiger partial charge in [-0.05, 0) is 31.5 Å². The van der Waals surface area contributed by atoms with Gasteiger partial charge in [-0.25, -0.2) is 4.79 Å². The number of methoxy groups -OCH3 is 1. The average Bonchev–Trinajstić information content (AvgIpc) is 2.46. The summed E-state index contributed by atoms with van der Waals surface area (Å²) in [5.74, 6) is 0.235. The Morgan fingerprint density at radius 2 is 2.14 bits per heavy atom. The summed E-state index contributed by atoms with van der Waals surface area (Å²) in [6.45, 7) is 4.36. The van der Waals surface area contributed by atoms with Gasteiger partial charge in [0.2, 0.25) is 0 Å². The van der Waals surface area contributed by atoms with Gasteiger partial charge in [-0.1, -0.05) is 0 Å². The lowest BCUT2D eigenvalue weighted by atomic mass is 10.1. The molecule has 1 aromatic carbocycles. The molecule has 118 valence electrons. The van der Waals surface area contributed by atoms with E-state index in [0.717, 1.165) is 10.9 Å². The zero-order chi connectivity index (χ0) is 16.1. The van der Waals surface area contributed by atoms with Crippen molar-refractivity contribution in [3.63, 3.8) is 0 Å². The Balaban J connectivity index is 2.11. The number of nitrogens with one attached hydrogen (secondary N) is 1. The third kappa shape index (κ3) is 3.85. The Morgan fingerprint density at radius 1 is 1.36 bits per heavy atom. The maximum atomic E-state index is 11.8. The van der Waals surface area contributed by atoms with Crippen LogP contribution in [0.15, 0.2) is 33.5 Å². The molecule has 0 bridgehead atoms. The molecular weight excluding hydrogens is 286 g/mol. The molecule has 2 aromatic rings. The SMILES string of the molecule is COCCNC(=O)C(C)Oc1ccc2c(C)cc(=O)oc2c1. The molecule has 0 saturated heterocycles. The van der Waals surface area contributed by atoms with E-state index >= 15 is 0 Å². The number of hydrogen-bond acceptors (Lipinski definition) is 5. The average molecular weight is 305 g/mol. The first-order chi connectivity index (χ1) is 10.5. The second-order valence-electron chi connectivity index (χ2n) is 4.95. The van der Waals surface area contributed by atoms with Gasteiger partial charge in [-0.3, -0.25) is 4.79 Å². The van der Waals surface area contributed by atoms with E-state index in [0.29, 0.717) is 24.5 Å². The van der Waals surface area contributed by atoms with Crippen LogP contribution in [0.3, 0.4) is 0 Å². The zero-order valence-corrected chi connectivity index (χ0v) is 12.8. The fourth-order valence-electron chi connectivity index (χ4n) is 2.06. The lowest BCUT2D eigenvalue weighted by Crippen LogP contribution is -2.37. The Morgan fingerprint density at radius 3 is 2.86 bits per heavy atom. The standard InChI is InChI=1S/C16H19NO5/c1-10-8-15(18)22-14-9-12(4-5-13(10)14)21-11(2)16(19)17-6-7-20-3/h4-5,8-9,11H,6-7H2,1-3H3,(H,17,19). The van der Waals surface area contributed by atoms with Gasteiger partial charge in [0.1, 0.15) is 11.3 Å². The number of carbonyl (C=O) groups is 1. The molecule has 1 N–H and O–H groups in total. The molecule has 0 fully saturated rings. The monoisotopic (exact) mass is 305 g/mol. The Labute approximate surface area is 128 Å². The molecule has 2 rings (SSSR count). The fourth-order valence-corrected chi connectivity index (χ4v) is 2.06. The van der Waals surface area contributed by atoms with Gasteiger partial charge < -0.3 is 19.2 Å². The van der Waals surface area contributed by atoms with Crippen molar-refractivity contribution in [2.24, 2.45) is 0 Å². The van der Waals surface area contributed by atoms with E-state index in [2.05, 4.69) is 5.32 Å². The van der Waals surface area contributed by atoms with Crippen LogP contribution >= 0.6 is 0 Å². The van der Waals surface area contributed by atoms with E-state index in [-0.39, 0.29) is 5.91 Å². The Hall–Kier alpha value is -2.34. The summed E-state index contributed by atoms with van der Waals surface area (Å²) in [6, 6.07) is 6.60. The van der Waals surface area contributed by atoms with Crippen molar-refractivity contribution in [2.75, 3.05) is 20.3 Å². The van der Waals surface area contributed by atoms with Crippen molar-refractivity contribution in [1.29, 1.82) is 0 Å². The quantitative estimate of drug-likeness (QED) is 0.648. The first-order valence-corrected chi connectivity index (χ1v) is 6.99. The molecular formula is C16H19NO5. The molecule has 1 aromatic heterocycles. The molecule has 0 spiro atoms. The van der Waals surface area contributed by atoms with E-state index in [4.69, 9.17) is 13.9 Å². The Bertz CT molecular complexity index is 722. The molecule has 0 saturated carbocycles. The van der Waals surface area contributed by atoms with Crippen molar-refractivity contribution in [3.8, 4) is 5.75 Å². The molecule has 22 heavy (non-hydrogen) atoms. The van der Waals surface area contributed by atoms with Gasteiger partial charge in [-0.15, -0.1) is 0 Å². The predicted octanol–water partition coefficient (Wildman–Crippen LogP) is 1.63. The summed E-state index contributed by atoms with van der Waals surface area (Å²) in [4.78, 5) is 23.2. The lowest BCUT2D eigenvalue weighted by Gasteiger charge is -2.15. The van der Waals surface area contributed by atoms with Crippen LogP contribution in [0.4, 0.5) is 0 Å². The van der Waals surface area contributed by atoms with Crippen LogP contribution in [-0.4, -0.2) is 32.3 Å². The molecule has 1 heterocycles. The summed E-state index contributed by atoms with van der Waals surface area (Å²) >= 11 is 0. The molecule has 1 unspecified atom stereocenters. The van der Waals surface area contributed by atoms with Crippen molar-refractivity contribution < 1.29 is 18.7 Å². The topological polar surface area (TPSA) is 77.8 Å². The van der Waals surface area contributed by atoms with Gasteiger partial charge in [0.05, 0.1) is 6.61 Å². The second kappa shape index (κ2) is 7.09. The number of aryl methyl sites for hydroxylation is 1. The normalized spacial score (nSPS) is 12.1. The minimum atomic E-state index is -0.661. The highest BCUT2D eigenvalue weighted by molar-refractivity contribution is 5.82. The van der Waals surface area contributed by atoms with Crippen LogP contribution in [0.5, 0.6) is 5.75 Å². The fraction of sp³-hybridized carbons (Fsp3) is 0.375. The van der Waals surface area contributed by atoms with E-state index in [1.54, 1.807) is 32.2 Å². The number of hydrogen-bond donors (Lipinski definition) is 1. The van der Waals surface area contributed by atoms with Gasteiger partial charge in [-0.2, -0.15) is 0 Å². The third-order valence-electron chi connectivity index (χ3n) is 3.21. The smallest absolute Gasteiger partial charge is 0.336 e. The van der Waals surface area contributed by atoms with Crippen molar-refractivity contribution in [3.05, 3.63) is 40.2 Å². The summed E-state index contributed by atoms with van der Waals surface area (Å²) in [7, 11) is 1.57. The highest BCUT2D eigenvalue weighted by atomic mass is 16.5. The molecule has 0 aliphatic heterocycles. The summed E-state index contributed by atoms with van der Waals surface area (Å²) < 4.78 is 15.6. The van der Waals surface area contributed by atoms with Gasteiger partial charge in [0.25, 0.3) is 5.91 Å². The van der Waals surface area contributed by atoms with E-state index in [1.807, 2.05) is 6.92 Å². The highest BCUT2D eigenvalue weighted by Gasteiger charge is 2.14. The van der Waals surface area contributed by atoms with E-state index in [9.17, 15) is 9.59 Å². The molecule has 0 aliphatic carbocycles. The van der Waals surface area contributed by atoms with Crippen LogP contribution < -0.4 is 15.7 Å². The number of fused-ring (bicyclic) bond motifs is 1. The molecule has 6 heteroatoms. The molecule has 1 atom stereocenters. The van der Waals surface area contributed by atoms with E-state index in [1.165, 1.54) is 6.07 Å². The molecule has 1 amide bonds. The highest BCUT2D eigenvalue weighted by Crippen LogP contribution is 2.22. The van der Waals surface area contributed by atoms with Crippen molar-refractivity contribution in [2.45, 2.75) is 20.0 Å². The maximum Gasteiger partial charge on any atom is 0.336 e. The first kappa shape index (κ1) is 16.0. The molecule has 0 aliphatic rings.